The Morgan fingerprint density at radius 1 is 1.14 bits per heavy atom. The van der Waals surface area contributed by atoms with Crippen molar-refractivity contribution in [3.63, 3.8) is 0 Å². The van der Waals surface area contributed by atoms with Crippen LogP contribution in [0, 0.1) is 0 Å². The van der Waals surface area contributed by atoms with Crippen molar-refractivity contribution >= 4 is 12.4 Å². The van der Waals surface area contributed by atoms with Gasteiger partial charge in [-0.2, -0.15) is 0 Å². The van der Waals surface area contributed by atoms with Gasteiger partial charge in [-0.1, -0.05) is 6.58 Å². The van der Waals surface area contributed by atoms with E-state index in [-0.39, 0.29) is 5.97 Å². The summed E-state index contributed by atoms with van der Waals surface area (Å²) in [5.41, 5.74) is 0. The minimum Gasteiger partial charge on any atom is -0.468 e. The average molecular weight is 200 g/mol. The first kappa shape index (κ1) is 12.7. The Hall–Kier alpha value is -1.32. The van der Waals surface area contributed by atoms with E-state index in [1.165, 1.54) is 0 Å². The van der Waals surface area contributed by atoms with Gasteiger partial charge in [0.25, 0.3) is 6.47 Å². The molecule has 0 radical (unpaired) electrons. The fourth-order valence-electron chi connectivity index (χ4n) is 0.921. The van der Waals surface area contributed by atoms with Crippen molar-refractivity contribution in [2.24, 2.45) is 0 Å². The summed E-state index contributed by atoms with van der Waals surface area (Å²) in [6, 6.07) is 0. The highest BCUT2D eigenvalue weighted by molar-refractivity contribution is 5.81. The third kappa shape index (κ3) is 8.77. The molecule has 0 aliphatic rings. The fraction of sp³-hybridized carbons (Fsp3) is 0.600. The van der Waals surface area contributed by atoms with Crippen LogP contribution in [0.25, 0.3) is 0 Å². The van der Waals surface area contributed by atoms with E-state index in [1.807, 2.05) is 0 Å². The number of unbranched alkanes of at least 4 members (excludes halogenated alkanes) is 3. The second kappa shape index (κ2) is 9.77. The van der Waals surface area contributed by atoms with Gasteiger partial charge in [-0.05, 0) is 25.7 Å². The van der Waals surface area contributed by atoms with E-state index in [9.17, 15) is 9.59 Å². The first-order valence-corrected chi connectivity index (χ1v) is 4.65. The Bertz CT molecular complexity index is 177. The SMILES string of the molecule is C=CC(=O)OCCCCCCOC=O. The number of hydrogen-bond acceptors (Lipinski definition) is 4. The highest BCUT2D eigenvalue weighted by atomic mass is 16.5. The molecule has 0 amide bonds. The van der Waals surface area contributed by atoms with Crippen LogP contribution in [0.1, 0.15) is 25.7 Å². The lowest BCUT2D eigenvalue weighted by Gasteiger charge is -2.01. The van der Waals surface area contributed by atoms with E-state index in [4.69, 9.17) is 4.74 Å². The lowest BCUT2D eigenvalue weighted by molar-refractivity contribution is -0.138. The van der Waals surface area contributed by atoms with E-state index in [0.717, 1.165) is 31.8 Å². The van der Waals surface area contributed by atoms with Crippen molar-refractivity contribution in [3.8, 4) is 0 Å². The van der Waals surface area contributed by atoms with Gasteiger partial charge in [-0.15, -0.1) is 0 Å². The first-order chi connectivity index (χ1) is 6.81. The zero-order valence-electron chi connectivity index (χ0n) is 8.24. The van der Waals surface area contributed by atoms with Crippen LogP contribution in [0.2, 0.25) is 0 Å². The summed E-state index contributed by atoms with van der Waals surface area (Å²) in [7, 11) is 0. The number of carbonyl (C=O) groups excluding carboxylic acids is 2. The number of ether oxygens (including phenoxy) is 2. The van der Waals surface area contributed by atoms with Gasteiger partial charge in [0.05, 0.1) is 13.2 Å². The van der Waals surface area contributed by atoms with Crippen molar-refractivity contribution in [3.05, 3.63) is 12.7 Å². The third-order valence-electron chi connectivity index (χ3n) is 1.64. The molecule has 0 spiro atoms. The Morgan fingerprint density at radius 2 is 1.79 bits per heavy atom. The summed E-state index contributed by atoms with van der Waals surface area (Å²) in [4.78, 5) is 20.3. The predicted octanol–water partition coefficient (Wildman–Crippen LogP) is 1.45. The first-order valence-electron chi connectivity index (χ1n) is 4.65. The van der Waals surface area contributed by atoms with Crippen LogP contribution in [-0.4, -0.2) is 25.7 Å². The van der Waals surface area contributed by atoms with Crippen LogP contribution >= 0.6 is 0 Å². The van der Waals surface area contributed by atoms with Gasteiger partial charge in [0, 0.05) is 6.08 Å². The average Bonchev–Trinajstić information content (AvgIpc) is 2.21. The Balaban J connectivity index is 3.02. The lowest BCUT2D eigenvalue weighted by Crippen LogP contribution is -2.01. The van der Waals surface area contributed by atoms with Gasteiger partial charge in [0.15, 0.2) is 0 Å². The molecule has 0 bridgehead atoms. The number of hydrogen-bond donors (Lipinski definition) is 0. The van der Waals surface area contributed by atoms with Crippen molar-refractivity contribution in [1.82, 2.24) is 0 Å². The smallest absolute Gasteiger partial charge is 0.330 e. The maximum absolute atomic E-state index is 10.6. The van der Waals surface area contributed by atoms with Gasteiger partial charge >= 0.3 is 5.97 Å². The Labute approximate surface area is 83.9 Å². The Kier molecular flexibility index (Phi) is 8.84. The summed E-state index contributed by atoms with van der Waals surface area (Å²) >= 11 is 0. The minimum atomic E-state index is -0.380. The second-order valence-corrected chi connectivity index (χ2v) is 2.75. The Morgan fingerprint density at radius 3 is 2.36 bits per heavy atom. The molecule has 0 aliphatic heterocycles. The summed E-state index contributed by atoms with van der Waals surface area (Å²) in [5.74, 6) is -0.380. The van der Waals surface area contributed by atoms with E-state index < -0.39 is 0 Å². The van der Waals surface area contributed by atoms with Crippen molar-refractivity contribution < 1.29 is 19.1 Å². The fourth-order valence-corrected chi connectivity index (χ4v) is 0.921. The molecule has 14 heavy (non-hydrogen) atoms. The van der Waals surface area contributed by atoms with Crippen molar-refractivity contribution in [2.45, 2.75) is 25.7 Å². The molecular weight excluding hydrogens is 184 g/mol. The molecule has 0 rings (SSSR count). The van der Waals surface area contributed by atoms with Crippen LogP contribution in [0.3, 0.4) is 0 Å². The number of esters is 1. The molecule has 0 aromatic heterocycles. The normalized spacial score (nSPS) is 9.14. The van der Waals surface area contributed by atoms with Crippen LogP contribution in [0.5, 0.6) is 0 Å². The monoisotopic (exact) mass is 200 g/mol. The zero-order chi connectivity index (χ0) is 10.6. The second-order valence-electron chi connectivity index (χ2n) is 2.75. The maximum atomic E-state index is 10.6. The topological polar surface area (TPSA) is 52.6 Å². The van der Waals surface area contributed by atoms with Gasteiger partial charge < -0.3 is 9.47 Å². The third-order valence-corrected chi connectivity index (χ3v) is 1.64. The molecule has 0 atom stereocenters. The summed E-state index contributed by atoms with van der Waals surface area (Å²) in [5, 5.41) is 0. The molecule has 0 aromatic rings. The molecule has 0 unspecified atom stereocenters. The molecule has 0 saturated heterocycles. The molecular formula is C10H16O4. The predicted molar refractivity (Wildman–Crippen MR) is 51.6 cm³/mol. The quantitative estimate of drug-likeness (QED) is 0.244. The molecule has 0 aromatic carbocycles. The molecule has 0 saturated carbocycles. The molecule has 4 nitrogen and oxygen atoms in total. The van der Waals surface area contributed by atoms with Gasteiger partial charge in [-0.3, -0.25) is 4.79 Å². The van der Waals surface area contributed by atoms with Crippen molar-refractivity contribution in [2.75, 3.05) is 13.2 Å². The zero-order valence-corrected chi connectivity index (χ0v) is 8.24. The van der Waals surface area contributed by atoms with Gasteiger partial charge in [0.1, 0.15) is 0 Å². The highest BCUT2D eigenvalue weighted by Gasteiger charge is 1.95. The largest absolute Gasteiger partial charge is 0.468 e. The van der Waals surface area contributed by atoms with Crippen LogP contribution in [0.4, 0.5) is 0 Å². The van der Waals surface area contributed by atoms with Crippen LogP contribution in [0.15, 0.2) is 12.7 Å². The summed E-state index contributed by atoms with van der Waals surface area (Å²) < 4.78 is 9.29. The van der Waals surface area contributed by atoms with Crippen molar-refractivity contribution in [1.29, 1.82) is 0 Å². The molecule has 80 valence electrons. The van der Waals surface area contributed by atoms with E-state index in [0.29, 0.717) is 19.7 Å². The molecule has 4 heteroatoms. The molecule has 0 heterocycles. The maximum Gasteiger partial charge on any atom is 0.330 e. The van der Waals surface area contributed by atoms with Gasteiger partial charge in [0.2, 0.25) is 0 Å². The van der Waals surface area contributed by atoms with Crippen LogP contribution in [-0.2, 0) is 19.1 Å². The molecule has 0 fully saturated rings. The summed E-state index contributed by atoms with van der Waals surface area (Å²) in [6.45, 7) is 4.63. The van der Waals surface area contributed by atoms with Crippen LogP contribution < -0.4 is 0 Å². The number of carbonyl (C=O) groups is 2. The highest BCUT2D eigenvalue weighted by Crippen LogP contribution is 2.00. The standard InChI is InChI=1S/C10H16O4/c1-2-10(12)14-8-6-4-3-5-7-13-9-11/h2,9H,1,3-8H2. The molecule has 0 aliphatic carbocycles. The van der Waals surface area contributed by atoms with E-state index in [1.54, 1.807) is 0 Å². The van der Waals surface area contributed by atoms with Gasteiger partial charge in [-0.25, -0.2) is 4.79 Å². The van der Waals surface area contributed by atoms with E-state index in [2.05, 4.69) is 11.3 Å². The summed E-state index contributed by atoms with van der Waals surface area (Å²) in [6.07, 6.45) is 4.78. The van der Waals surface area contributed by atoms with E-state index >= 15 is 0 Å². The molecule has 0 N–H and O–H groups in total. The lowest BCUT2D eigenvalue weighted by atomic mass is 10.2. The minimum absolute atomic E-state index is 0.380. The number of rotatable bonds is 9.